The highest BCUT2D eigenvalue weighted by Crippen LogP contribution is 2.30. The van der Waals surface area contributed by atoms with Gasteiger partial charge >= 0.3 is 0 Å². The van der Waals surface area contributed by atoms with Gasteiger partial charge in [-0.2, -0.15) is 10.4 Å². The fourth-order valence-electron chi connectivity index (χ4n) is 3.02. The van der Waals surface area contributed by atoms with Gasteiger partial charge in [0.05, 0.1) is 28.4 Å². The van der Waals surface area contributed by atoms with E-state index < -0.39 is 11.1 Å². The van der Waals surface area contributed by atoms with Crippen molar-refractivity contribution >= 4 is 28.4 Å². The van der Waals surface area contributed by atoms with E-state index in [1.807, 2.05) is 26.0 Å². The van der Waals surface area contributed by atoms with Gasteiger partial charge in [-0.05, 0) is 60.8 Å². The van der Waals surface area contributed by atoms with E-state index in [0.717, 1.165) is 22.5 Å². The Hall–Kier alpha value is -2.68. The molecule has 7 heteroatoms. The third kappa shape index (κ3) is 3.73. The molecule has 0 spiro atoms. The Morgan fingerprint density at radius 3 is 2.63 bits per heavy atom. The van der Waals surface area contributed by atoms with Gasteiger partial charge in [-0.25, -0.2) is 4.39 Å². The molecule has 0 N–H and O–H groups in total. The van der Waals surface area contributed by atoms with Gasteiger partial charge in [-0.3, -0.25) is 9.48 Å². The first-order chi connectivity index (χ1) is 12.8. The number of aryl methyl sites for hydroxylation is 1. The fourth-order valence-corrected chi connectivity index (χ4v) is 3.39. The van der Waals surface area contributed by atoms with Crippen molar-refractivity contribution in [3.63, 3.8) is 0 Å². The smallest absolute Gasteiger partial charge is 0.255 e. The molecule has 0 saturated carbocycles. The molecule has 27 heavy (non-hydrogen) atoms. The first kappa shape index (κ1) is 19.1. The number of nitrogens with zero attached hydrogens (tertiary/aromatic N) is 3. The summed E-state index contributed by atoms with van der Waals surface area (Å²) >= 11 is 11.6. The van der Waals surface area contributed by atoms with E-state index in [2.05, 4.69) is 5.10 Å². The molecule has 0 bridgehead atoms. The standard InChI is InChI=1S/C20H14Cl2FN3O/c1-11-19(14-4-5-15(9-24)17(21)8-14)12(2)26(25-11)10-13-3-6-18(23)16(7-13)20(22)27/h3-8H,10H2,1-2H3. The van der Waals surface area contributed by atoms with E-state index in [1.165, 1.54) is 12.1 Å². The lowest BCUT2D eigenvalue weighted by molar-refractivity contribution is 0.107. The normalized spacial score (nSPS) is 10.7. The van der Waals surface area contributed by atoms with Crippen LogP contribution >= 0.6 is 23.2 Å². The van der Waals surface area contributed by atoms with Crippen LogP contribution in [-0.2, 0) is 6.54 Å². The summed E-state index contributed by atoms with van der Waals surface area (Å²) in [6.45, 7) is 4.15. The zero-order chi connectivity index (χ0) is 19.7. The predicted octanol–water partition coefficient (Wildman–Crippen LogP) is 5.26. The molecule has 2 aromatic carbocycles. The number of hydrogen-bond acceptors (Lipinski definition) is 3. The second-order valence-electron chi connectivity index (χ2n) is 6.10. The van der Waals surface area contributed by atoms with Crippen molar-refractivity contribution in [3.8, 4) is 17.2 Å². The van der Waals surface area contributed by atoms with Gasteiger partial charge < -0.3 is 0 Å². The number of benzene rings is 2. The third-order valence-electron chi connectivity index (χ3n) is 4.33. The predicted molar refractivity (Wildman–Crippen MR) is 103 cm³/mol. The van der Waals surface area contributed by atoms with Crippen molar-refractivity contribution in [3.05, 3.63) is 75.3 Å². The largest absolute Gasteiger partial charge is 0.275 e. The average Bonchev–Trinajstić information content (AvgIpc) is 2.89. The number of aromatic nitrogens is 2. The van der Waals surface area contributed by atoms with Crippen molar-refractivity contribution in [2.45, 2.75) is 20.4 Å². The Morgan fingerprint density at radius 2 is 2.00 bits per heavy atom. The van der Waals surface area contributed by atoms with Crippen LogP contribution < -0.4 is 0 Å². The SMILES string of the molecule is Cc1nn(Cc2ccc(F)c(C(=O)Cl)c2)c(C)c1-c1ccc(C#N)c(Cl)c1. The van der Waals surface area contributed by atoms with Gasteiger partial charge in [0.15, 0.2) is 0 Å². The molecular formula is C20H14Cl2FN3O. The van der Waals surface area contributed by atoms with Crippen LogP contribution in [0.3, 0.4) is 0 Å². The number of carbonyl (C=O) groups excluding carboxylic acids is 1. The Balaban J connectivity index is 2.00. The van der Waals surface area contributed by atoms with Crippen LogP contribution in [0.5, 0.6) is 0 Å². The van der Waals surface area contributed by atoms with E-state index in [-0.39, 0.29) is 5.56 Å². The maximum absolute atomic E-state index is 13.7. The molecule has 1 aromatic heterocycles. The van der Waals surface area contributed by atoms with Crippen LogP contribution in [0, 0.1) is 31.0 Å². The molecule has 0 atom stereocenters. The first-order valence-electron chi connectivity index (χ1n) is 8.04. The number of hydrogen-bond donors (Lipinski definition) is 0. The number of nitriles is 1. The average molecular weight is 402 g/mol. The molecule has 3 rings (SSSR count). The van der Waals surface area contributed by atoms with Crippen molar-refractivity contribution in [2.75, 3.05) is 0 Å². The second-order valence-corrected chi connectivity index (χ2v) is 6.85. The number of halogens is 3. The van der Waals surface area contributed by atoms with E-state index in [0.29, 0.717) is 22.7 Å². The molecule has 0 radical (unpaired) electrons. The third-order valence-corrected chi connectivity index (χ3v) is 4.85. The van der Waals surface area contributed by atoms with Gasteiger partial charge in [-0.1, -0.05) is 23.7 Å². The maximum atomic E-state index is 13.7. The van der Waals surface area contributed by atoms with Crippen molar-refractivity contribution < 1.29 is 9.18 Å². The summed E-state index contributed by atoms with van der Waals surface area (Å²) in [5, 5.41) is 13.1. The van der Waals surface area contributed by atoms with Crippen molar-refractivity contribution in [2.24, 2.45) is 0 Å². The van der Waals surface area contributed by atoms with Crippen molar-refractivity contribution in [1.82, 2.24) is 9.78 Å². The molecule has 0 aliphatic heterocycles. The minimum Gasteiger partial charge on any atom is -0.275 e. The minimum absolute atomic E-state index is 0.158. The summed E-state index contributed by atoms with van der Waals surface area (Å²) in [6.07, 6.45) is 0. The first-order valence-corrected chi connectivity index (χ1v) is 8.79. The zero-order valence-electron chi connectivity index (χ0n) is 14.6. The van der Waals surface area contributed by atoms with E-state index in [9.17, 15) is 9.18 Å². The summed E-state index contributed by atoms with van der Waals surface area (Å²) in [7, 11) is 0. The molecule has 4 nitrogen and oxygen atoms in total. The van der Waals surface area contributed by atoms with E-state index >= 15 is 0 Å². The van der Waals surface area contributed by atoms with Gasteiger partial charge in [0.2, 0.25) is 0 Å². The van der Waals surface area contributed by atoms with E-state index in [4.69, 9.17) is 28.5 Å². The summed E-state index contributed by atoms with van der Waals surface area (Å²) in [5.41, 5.74) is 4.41. The number of rotatable bonds is 4. The highest BCUT2D eigenvalue weighted by molar-refractivity contribution is 6.67. The van der Waals surface area contributed by atoms with Gasteiger partial charge in [-0.15, -0.1) is 0 Å². The van der Waals surface area contributed by atoms with Crippen LogP contribution in [0.1, 0.15) is 32.9 Å². The molecule has 0 unspecified atom stereocenters. The summed E-state index contributed by atoms with van der Waals surface area (Å²) in [5.74, 6) is -0.653. The molecule has 0 saturated heterocycles. The lowest BCUT2D eigenvalue weighted by Crippen LogP contribution is -2.06. The topological polar surface area (TPSA) is 58.7 Å². The summed E-state index contributed by atoms with van der Waals surface area (Å²) < 4.78 is 15.4. The quantitative estimate of drug-likeness (QED) is 0.560. The van der Waals surface area contributed by atoms with Gasteiger partial charge in [0.1, 0.15) is 11.9 Å². The Labute approximate surface area is 165 Å². The van der Waals surface area contributed by atoms with Crippen LogP contribution in [0.15, 0.2) is 36.4 Å². The van der Waals surface area contributed by atoms with E-state index in [1.54, 1.807) is 22.9 Å². The molecule has 0 amide bonds. The molecule has 0 fully saturated rings. The fraction of sp³-hybridized carbons (Fsp3) is 0.150. The zero-order valence-corrected chi connectivity index (χ0v) is 16.1. The Morgan fingerprint density at radius 1 is 1.26 bits per heavy atom. The Kier molecular flexibility index (Phi) is 5.31. The van der Waals surface area contributed by atoms with Gasteiger partial charge in [0.25, 0.3) is 5.24 Å². The monoisotopic (exact) mass is 401 g/mol. The lowest BCUT2D eigenvalue weighted by Gasteiger charge is -2.08. The highest BCUT2D eigenvalue weighted by atomic mass is 35.5. The number of carbonyl (C=O) groups is 1. The molecule has 3 aromatic rings. The summed E-state index contributed by atoms with van der Waals surface area (Å²) in [4.78, 5) is 11.3. The molecule has 0 aliphatic rings. The second kappa shape index (κ2) is 7.51. The minimum atomic E-state index is -0.837. The Bertz CT molecular complexity index is 1100. The molecular weight excluding hydrogens is 388 g/mol. The van der Waals surface area contributed by atoms with Crippen LogP contribution in [-0.4, -0.2) is 15.0 Å². The van der Waals surface area contributed by atoms with Crippen LogP contribution in [0.2, 0.25) is 5.02 Å². The summed E-state index contributed by atoms with van der Waals surface area (Å²) in [6, 6.07) is 11.5. The van der Waals surface area contributed by atoms with Crippen LogP contribution in [0.4, 0.5) is 4.39 Å². The van der Waals surface area contributed by atoms with Crippen LogP contribution in [0.25, 0.3) is 11.1 Å². The molecule has 0 aliphatic carbocycles. The van der Waals surface area contributed by atoms with Gasteiger partial charge in [0, 0.05) is 11.3 Å². The lowest BCUT2D eigenvalue weighted by atomic mass is 10.0. The highest BCUT2D eigenvalue weighted by Gasteiger charge is 2.16. The maximum Gasteiger partial charge on any atom is 0.255 e. The van der Waals surface area contributed by atoms with Crippen molar-refractivity contribution in [1.29, 1.82) is 5.26 Å². The molecule has 136 valence electrons. The molecule has 1 heterocycles.